The summed E-state index contributed by atoms with van der Waals surface area (Å²) >= 11 is 0. The summed E-state index contributed by atoms with van der Waals surface area (Å²) < 4.78 is 54.5. The number of aliphatic hydroxyl groups is 14. The Morgan fingerprint density at radius 1 is 0.598 bits per heavy atom. The van der Waals surface area contributed by atoms with Crippen LogP contribution in [0.25, 0.3) is 0 Å². The van der Waals surface area contributed by atoms with E-state index in [9.17, 15) is 76.3 Å². The molecule has 24 heteroatoms. The van der Waals surface area contributed by atoms with Crippen molar-refractivity contribution in [2.24, 2.45) is 45.3 Å². The van der Waals surface area contributed by atoms with Gasteiger partial charge >= 0.3 is 5.97 Å². The Labute approximate surface area is 479 Å². The monoisotopic (exact) mass is 1180 g/mol. The lowest BCUT2D eigenvalue weighted by atomic mass is 9.35. The van der Waals surface area contributed by atoms with Gasteiger partial charge in [0.05, 0.1) is 37.6 Å². The van der Waals surface area contributed by atoms with Crippen LogP contribution in [0.4, 0.5) is 0 Å². The second-order valence-electron chi connectivity index (χ2n) is 26.7. The number of hydrogen-bond acceptors (Lipinski definition) is 24. The van der Waals surface area contributed by atoms with Crippen molar-refractivity contribution in [3.05, 3.63) is 23.8 Å². The highest BCUT2D eigenvalue weighted by Gasteiger charge is 2.72. The van der Waals surface area contributed by atoms with Crippen LogP contribution in [0, 0.1) is 45.3 Å². The van der Waals surface area contributed by atoms with Gasteiger partial charge in [-0.3, -0.25) is 0 Å². The van der Waals surface area contributed by atoms with E-state index in [4.69, 9.17) is 42.6 Å². The maximum absolute atomic E-state index is 12.9. The Morgan fingerprint density at radius 3 is 1.74 bits per heavy atom. The molecule has 30 atom stereocenters. The number of aliphatic hydroxyl groups excluding tert-OH is 14. The Balaban J connectivity index is 1.00. The second kappa shape index (κ2) is 25.7. The van der Waals surface area contributed by atoms with E-state index < -0.39 is 184 Å². The van der Waals surface area contributed by atoms with Gasteiger partial charge in [-0.05, 0) is 131 Å². The first-order valence-corrected chi connectivity index (χ1v) is 29.5. The average Bonchev–Trinajstić information content (AvgIpc) is 1.26. The zero-order chi connectivity index (χ0) is 60.3. The van der Waals surface area contributed by atoms with Gasteiger partial charge in [0.25, 0.3) is 0 Å². The number of carbonyl (C=O) groups is 1. The largest absolute Gasteiger partial charge is 0.460 e. The van der Waals surface area contributed by atoms with E-state index in [0.29, 0.717) is 38.5 Å². The predicted octanol–water partition coefficient (Wildman–Crippen LogP) is -1.08. The van der Waals surface area contributed by atoms with E-state index in [-0.39, 0.29) is 34.5 Å². The molecule has 82 heavy (non-hydrogen) atoms. The van der Waals surface area contributed by atoms with Crippen LogP contribution in [0.3, 0.4) is 0 Å². The van der Waals surface area contributed by atoms with Crippen LogP contribution in [0.5, 0.6) is 0 Å². The Kier molecular flexibility index (Phi) is 20.7. The number of ether oxygens (including phenoxy) is 9. The molecule has 4 heterocycles. The Hall–Kier alpha value is -1.93. The smallest absolute Gasteiger partial charge is 0.330 e. The quantitative estimate of drug-likeness (QED) is 0.0336. The van der Waals surface area contributed by atoms with Crippen molar-refractivity contribution in [2.45, 2.75) is 261 Å². The average molecular weight is 1180 g/mol. The Bertz CT molecular complexity index is 2200. The van der Waals surface area contributed by atoms with Gasteiger partial charge in [-0.25, -0.2) is 4.79 Å². The number of fused-ring (bicyclic) bond motifs is 5. The summed E-state index contributed by atoms with van der Waals surface area (Å²) in [6.07, 6.45) is -23.2. The normalized spacial score (nSPS) is 50.2. The second-order valence-corrected chi connectivity index (χ2v) is 26.7. The summed E-state index contributed by atoms with van der Waals surface area (Å²) in [4.78, 5) is 12.1. The lowest BCUT2D eigenvalue weighted by molar-refractivity contribution is -0.378. The minimum atomic E-state index is -1.87. The molecule has 0 aromatic heterocycles. The molecule has 8 rings (SSSR count). The molecule has 4 saturated carbocycles. The maximum Gasteiger partial charge on any atom is 0.330 e. The molecule has 0 amide bonds. The van der Waals surface area contributed by atoms with Gasteiger partial charge in [0.1, 0.15) is 104 Å². The zero-order valence-electron chi connectivity index (χ0n) is 48.8. The molecule has 4 aliphatic heterocycles. The minimum Gasteiger partial charge on any atom is -0.460 e. The first-order chi connectivity index (χ1) is 38.4. The fourth-order valence-electron chi connectivity index (χ4n) is 16.6. The number of hydrogen-bond donors (Lipinski definition) is 14. The molecule has 8 aliphatic rings. The predicted molar refractivity (Wildman–Crippen MR) is 285 cm³/mol. The topological polar surface area (TPSA) is 383 Å². The molecule has 14 N–H and O–H groups in total. The highest BCUT2D eigenvalue weighted by atomic mass is 16.8. The van der Waals surface area contributed by atoms with Crippen molar-refractivity contribution < 1.29 is 119 Å². The van der Waals surface area contributed by atoms with Gasteiger partial charge in [-0.15, -0.1) is 0 Å². The number of esters is 1. The van der Waals surface area contributed by atoms with Crippen LogP contribution in [0.1, 0.15) is 120 Å². The molecular weight excluding hydrogens is 1080 g/mol. The fourth-order valence-corrected chi connectivity index (χ4v) is 16.6. The molecule has 0 unspecified atom stereocenters. The van der Waals surface area contributed by atoms with E-state index in [2.05, 4.69) is 40.7 Å². The summed E-state index contributed by atoms with van der Waals surface area (Å²) in [5.74, 6) is -1.28. The lowest BCUT2D eigenvalue weighted by Crippen LogP contribution is -2.68. The SMILES string of the molecule is C/C=C/C(=O)OC[C@H]1O[C@H](O[C@H]2[C@@H](O[C@H]3CC[C@]4(C)[C@H](CC[C@]5(C)[C@@H]4C[C@@H](O)[C@H]4[C@H]([C@](C)(CCC=C(C)C)O[C@@H]6O[C@H](CO[C@@H]7O[C@H](CO)[C@@H](O)[C@H](O)[C@H]7O)[C@@H](O)[C@H](O)[C@H]6O)CC[C@]45C)C3(C)C)O[C@H](CO)[C@@H](O)[C@@H]2O)[C@H](O)[C@@H](O)[C@@H]1O. The first-order valence-electron chi connectivity index (χ1n) is 29.5. The zero-order valence-corrected chi connectivity index (χ0v) is 48.8. The summed E-state index contributed by atoms with van der Waals surface area (Å²) in [7, 11) is 0. The molecule has 0 spiro atoms. The van der Waals surface area contributed by atoms with Gasteiger partial charge in [-0.2, -0.15) is 0 Å². The van der Waals surface area contributed by atoms with Gasteiger partial charge in [0.15, 0.2) is 25.2 Å². The number of carbonyl (C=O) groups excluding carboxylic acids is 1. The van der Waals surface area contributed by atoms with Crippen molar-refractivity contribution in [3.63, 3.8) is 0 Å². The van der Waals surface area contributed by atoms with Crippen molar-refractivity contribution in [3.8, 4) is 0 Å². The summed E-state index contributed by atoms with van der Waals surface area (Å²) in [5.41, 5.74) is -1.69. The minimum absolute atomic E-state index is 0.0154. The third kappa shape index (κ3) is 12.1. The molecule has 472 valence electrons. The van der Waals surface area contributed by atoms with E-state index in [1.165, 1.54) is 6.08 Å². The summed E-state index contributed by atoms with van der Waals surface area (Å²) in [6.45, 7) is 16.3. The van der Waals surface area contributed by atoms with Crippen LogP contribution in [0.2, 0.25) is 0 Å². The molecule has 0 radical (unpaired) electrons. The maximum atomic E-state index is 12.9. The van der Waals surface area contributed by atoms with E-state index >= 15 is 0 Å². The third-order valence-electron chi connectivity index (χ3n) is 21.4. The summed E-state index contributed by atoms with van der Waals surface area (Å²) in [6, 6.07) is 0. The van der Waals surface area contributed by atoms with Crippen LogP contribution in [-0.2, 0) is 47.4 Å². The van der Waals surface area contributed by atoms with Crippen LogP contribution >= 0.6 is 0 Å². The standard InChI is InChI=1S/C58H96O24/c1-10-12-36(62)74-24-31-40(65)43(68)47(72)51(78-31)81-49-45(70)39(64)30(23-60)77-53(49)80-35-16-18-55(6)33(54(35,4)5)15-20-56(7)34(55)21-28(61)37-27(14-19-57(37,56)8)58(9,17-11-13-26(2)3)82-52-48(73)44(69)41(66)32(79-52)25-75-50-46(71)42(67)38(63)29(22-59)76-50/h10,12-13,27-35,37-53,59-61,63-73H,11,14-25H2,1-9H3/b12-10+/t27-,28-,29-,30-,31-,32-,33-,34-,35+,37-,38-,39-,40-,41-,42+,43+,44+,45+,46-,47-,48-,49-,50-,51-,52+,53-,55-,56-,57-,58+/m1/s1. The highest BCUT2D eigenvalue weighted by molar-refractivity contribution is 5.81. The van der Waals surface area contributed by atoms with Gasteiger partial charge in [0.2, 0.25) is 0 Å². The molecular formula is C58H96O24. The summed E-state index contributed by atoms with van der Waals surface area (Å²) in [5, 5.41) is 154. The van der Waals surface area contributed by atoms with Gasteiger partial charge in [-0.1, -0.05) is 52.3 Å². The fraction of sp³-hybridized carbons (Fsp3) is 0.914. The van der Waals surface area contributed by atoms with E-state index in [1.54, 1.807) is 6.92 Å². The molecule has 8 fully saturated rings. The highest BCUT2D eigenvalue weighted by Crippen LogP contribution is 2.76. The van der Waals surface area contributed by atoms with Crippen LogP contribution in [0.15, 0.2) is 23.8 Å². The van der Waals surface area contributed by atoms with Crippen LogP contribution < -0.4 is 0 Å². The third-order valence-corrected chi connectivity index (χ3v) is 21.4. The van der Waals surface area contributed by atoms with Gasteiger partial charge in [0, 0.05) is 6.08 Å². The van der Waals surface area contributed by atoms with Crippen molar-refractivity contribution in [1.29, 1.82) is 0 Å². The van der Waals surface area contributed by atoms with E-state index in [0.717, 1.165) is 30.9 Å². The lowest BCUT2D eigenvalue weighted by Gasteiger charge is -2.71. The van der Waals surface area contributed by atoms with Gasteiger partial charge < -0.3 is 114 Å². The molecule has 4 saturated heterocycles. The Morgan fingerprint density at radius 2 is 1.13 bits per heavy atom. The first kappa shape index (κ1) is 66.0. The van der Waals surface area contributed by atoms with Crippen molar-refractivity contribution in [2.75, 3.05) is 26.4 Å². The molecule has 0 bridgehead atoms. The molecule has 0 aromatic rings. The van der Waals surface area contributed by atoms with Crippen LogP contribution in [-0.4, -0.2) is 245 Å². The molecule has 0 aromatic carbocycles. The van der Waals surface area contributed by atoms with E-state index in [1.807, 2.05) is 20.8 Å². The van der Waals surface area contributed by atoms with Crippen molar-refractivity contribution >= 4 is 5.97 Å². The molecule has 4 aliphatic carbocycles. The van der Waals surface area contributed by atoms with Crippen molar-refractivity contribution in [1.82, 2.24) is 0 Å². The number of rotatable bonds is 18. The number of allylic oxidation sites excluding steroid dienone is 3. The molecule has 24 nitrogen and oxygen atoms in total.